The predicted octanol–water partition coefficient (Wildman–Crippen LogP) is 7.18. The van der Waals surface area contributed by atoms with Crippen molar-refractivity contribution in [3.63, 3.8) is 0 Å². The molecular weight excluding hydrogens is 498 g/mol. The number of nitrogens with zero attached hydrogens (tertiary/aromatic N) is 5. The molecule has 0 saturated heterocycles. The van der Waals surface area contributed by atoms with Crippen molar-refractivity contribution >= 4 is 34.0 Å². The van der Waals surface area contributed by atoms with Crippen molar-refractivity contribution in [2.75, 3.05) is 19.6 Å². The van der Waals surface area contributed by atoms with Crippen molar-refractivity contribution in [3.8, 4) is 10.6 Å². The zero-order chi connectivity index (χ0) is 24.8. The fourth-order valence-corrected chi connectivity index (χ4v) is 7.25. The van der Waals surface area contributed by atoms with Gasteiger partial charge in [-0.05, 0) is 67.5 Å². The van der Waals surface area contributed by atoms with E-state index in [9.17, 15) is 0 Å². The molecule has 0 bridgehead atoms. The molecule has 4 aromatic rings. The number of halogens is 1. The maximum absolute atomic E-state index is 6.30. The van der Waals surface area contributed by atoms with Crippen molar-refractivity contribution in [3.05, 3.63) is 76.3 Å². The summed E-state index contributed by atoms with van der Waals surface area (Å²) in [6.07, 6.45) is 15.2. The molecule has 1 aliphatic heterocycles. The highest BCUT2D eigenvalue weighted by Crippen LogP contribution is 2.43. The molecule has 2 fully saturated rings. The highest BCUT2D eigenvalue weighted by molar-refractivity contribution is 7.13. The molecular formula is C30H32ClN5S. The Bertz CT molecular complexity index is 1440. The quantitative estimate of drug-likeness (QED) is 0.188. The number of hydrogen-bond acceptors (Lipinski definition) is 5. The van der Waals surface area contributed by atoms with Gasteiger partial charge in [-0.1, -0.05) is 42.0 Å². The molecule has 2 unspecified atom stereocenters. The molecule has 0 radical (unpaired) electrons. The second kappa shape index (κ2) is 9.97. The van der Waals surface area contributed by atoms with Crippen LogP contribution in [0.3, 0.4) is 0 Å². The fourth-order valence-electron chi connectivity index (χ4n) is 6.27. The lowest BCUT2D eigenvalue weighted by Crippen LogP contribution is -2.33. The molecule has 2 saturated carbocycles. The summed E-state index contributed by atoms with van der Waals surface area (Å²) in [5.74, 6) is 1.63. The number of aromatic nitrogens is 4. The fraction of sp³-hybridized carbons (Fsp3) is 0.433. The van der Waals surface area contributed by atoms with E-state index in [4.69, 9.17) is 21.6 Å². The van der Waals surface area contributed by atoms with Crippen molar-refractivity contribution in [1.82, 2.24) is 24.4 Å². The van der Waals surface area contributed by atoms with Crippen LogP contribution in [0, 0.1) is 11.8 Å². The third-order valence-corrected chi connectivity index (χ3v) is 9.45. The van der Waals surface area contributed by atoms with E-state index in [-0.39, 0.29) is 0 Å². The average Bonchev–Trinajstić information content (AvgIpc) is 3.29. The maximum atomic E-state index is 6.30. The van der Waals surface area contributed by atoms with Crippen LogP contribution in [0.25, 0.3) is 21.6 Å². The van der Waals surface area contributed by atoms with Gasteiger partial charge in [0.15, 0.2) is 0 Å². The van der Waals surface area contributed by atoms with E-state index in [1.54, 1.807) is 16.9 Å². The third-order valence-electron chi connectivity index (χ3n) is 8.35. The van der Waals surface area contributed by atoms with Crippen LogP contribution in [-0.2, 0) is 6.42 Å². The van der Waals surface area contributed by atoms with E-state index in [0.29, 0.717) is 17.2 Å². The van der Waals surface area contributed by atoms with E-state index >= 15 is 0 Å². The molecule has 1 aromatic carbocycles. The Morgan fingerprint density at radius 3 is 2.81 bits per heavy atom. The first-order chi connectivity index (χ1) is 18.2. The lowest BCUT2D eigenvalue weighted by molar-refractivity contribution is 0.267. The third kappa shape index (κ3) is 4.99. The topological polar surface area (TPSA) is 46.8 Å². The van der Waals surface area contributed by atoms with Crippen molar-refractivity contribution in [1.29, 1.82) is 0 Å². The van der Waals surface area contributed by atoms with Gasteiger partial charge < -0.3 is 4.57 Å². The van der Waals surface area contributed by atoms with Crippen LogP contribution >= 0.6 is 22.9 Å². The van der Waals surface area contributed by atoms with Gasteiger partial charge in [-0.2, -0.15) is 4.98 Å². The Morgan fingerprint density at radius 2 is 1.95 bits per heavy atom. The normalized spacial score (nSPS) is 22.6. The summed E-state index contributed by atoms with van der Waals surface area (Å²) in [7, 11) is 0. The van der Waals surface area contributed by atoms with Crippen molar-refractivity contribution in [2.45, 2.75) is 51.0 Å². The van der Waals surface area contributed by atoms with E-state index in [0.717, 1.165) is 39.6 Å². The van der Waals surface area contributed by atoms with Crippen LogP contribution < -0.4 is 0 Å². The van der Waals surface area contributed by atoms with Crippen LogP contribution in [0.5, 0.6) is 0 Å². The smallest absolute Gasteiger partial charge is 0.224 e. The predicted molar refractivity (Wildman–Crippen MR) is 151 cm³/mol. The summed E-state index contributed by atoms with van der Waals surface area (Å²) >= 11 is 8.00. The molecule has 7 heteroatoms. The highest BCUT2D eigenvalue weighted by Gasteiger charge is 2.33. The number of hydrogen-bond donors (Lipinski definition) is 0. The number of thiazole rings is 1. The van der Waals surface area contributed by atoms with Crippen molar-refractivity contribution < 1.29 is 0 Å². The van der Waals surface area contributed by atoms with Crippen LogP contribution in [0.2, 0.25) is 5.28 Å². The Morgan fingerprint density at radius 1 is 1.05 bits per heavy atom. The Hall–Kier alpha value is -2.54. The maximum Gasteiger partial charge on any atom is 0.224 e. The van der Waals surface area contributed by atoms with Crippen molar-refractivity contribution in [2.24, 2.45) is 11.8 Å². The number of rotatable bonds is 7. The number of benzene rings is 1. The van der Waals surface area contributed by atoms with Gasteiger partial charge in [-0.3, -0.25) is 4.90 Å². The second-order valence-electron chi connectivity index (χ2n) is 11.0. The van der Waals surface area contributed by atoms with Gasteiger partial charge in [-0.15, -0.1) is 11.3 Å². The van der Waals surface area contributed by atoms with Gasteiger partial charge in [-0.25, -0.2) is 9.97 Å². The molecule has 2 atom stereocenters. The van der Waals surface area contributed by atoms with Gasteiger partial charge in [0.05, 0.1) is 5.69 Å². The molecule has 7 rings (SSSR count). The summed E-state index contributed by atoms with van der Waals surface area (Å²) in [6.45, 7) is 3.70. The van der Waals surface area contributed by atoms with Crippen LogP contribution in [0.4, 0.5) is 0 Å². The standard InChI is InChI=1S/C30H32ClN5S/c31-30-32-15-26-27(29-33-24(19-37-29)13-20-5-2-1-3-6-20)18-36(28(26)34-30)25-11-10-22(14-25)23-7-4-12-35(17-23)16-21-8-9-21/h1-3,5-7,15,18-19,21-22,25H,4,8-14,16-17H2. The molecule has 37 heavy (non-hydrogen) atoms. The molecule has 4 heterocycles. The van der Waals surface area contributed by atoms with Crippen LogP contribution in [0.1, 0.15) is 55.8 Å². The summed E-state index contributed by atoms with van der Waals surface area (Å²) in [4.78, 5) is 16.8. The summed E-state index contributed by atoms with van der Waals surface area (Å²) in [5, 5.41) is 4.56. The molecule has 2 aliphatic carbocycles. The molecule has 3 aromatic heterocycles. The van der Waals surface area contributed by atoms with Crippen LogP contribution in [0.15, 0.2) is 59.8 Å². The molecule has 0 spiro atoms. The van der Waals surface area contributed by atoms with Gasteiger partial charge in [0.2, 0.25) is 5.28 Å². The average molecular weight is 530 g/mol. The molecule has 0 N–H and O–H groups in total. The van der Waals surface area contributed by atoms with Gasteiger partial charge in [0, 0.05) is 60.8 Å². The lowest BCUT2D eigenvalue weighted by atomic mass is 9.93. The first-order valence-electron chi connectivity index (χ1n) is 13.6. The Balaban J connectivity index is 1.14. The zero-order valence-corrected chi connectivity index (χ0v) is 22.6. The molecule has 5 nitrogen and oxygen atoms in total. The van der Waals surface area contributed by atoms with Gasteiger partial charge >= 0.3 is 0 Å². The summed E-state index contributed by atoms with van der Waals surface area (Å²) in [6, 6.07) is 11.0. The van der Waals surface area contributed by atoms with Gasteiger partial charge in [0.25, 0.3) is 0 Å². The summed E-state index contributed by atoms with van der Waals surface area (Å²) < 4.78 is 2.38. The molecule has 0 amide bonds. The highest BCUT2D eigenvalue weighted by atomic mass is 35.5. The van der Waals surface area contributed by atoms with E-state index in [2.05, 4.69) is 62.4 Å². The van der Waals surface area contributed by atoms with Crippen LogP contribution in [-0.4, -0.2) is 44.1 Å². The second-order valence-corrected chi connectivity index (χ2v) is 12.2. The number of fused-ring (bicyclic) bond motifs is 1. The summed E-state index contributed by atoms with van der Waals surface area (Å²) in [5.41, 5.74) is 6.11. The minimum atomic E-state index is 0.308. The minimum Gasteiger partial charge on any atom is -0.329 e. The van der Waals surface area contributed by atoms with E-state index in [1.807, 2.05) is 6.20 Å². The monoisotopic (exact) mass is 529 g/mol. The van der Waals surface area contributed by atoms with E-state index in [1.165, 1.54) is 63.7 Å². The SMILES string of the molecule is Clc1ncc2c(-c3nc(Cc4ccccc4)cs3)cn(C3CCC(C4=CCCN(CC5CC5)C4)C3)c2n1. The largest absolute Gasteiger partial charge is 0.329 e. The Labute approximate surface area is 227 Å². The van der Waals surface area contributed by atoms with E-state index < -0.39 is 0 Å². The first kappa shape index (κ1) is 23.6. The molecule has 3 aliphatic rings. The molecule has 190 valence electrons. The van der Waals surface area contributed by atoms with Gasteiger partial charge in [0.1, 0.15) is 10.7 Å². The zero-order valence-electron chi connectivity index (χ0n) is 21.0. The first-order valence-corrected chi connectivity index (χ1v) is 14.9. The lowest BCUT2D eigenvalue weighted by Gasteiger charge is -2.30. The minimum absolute atomic E-state index is 0.308. The Kier molecular flexibility index (Phi) is 6.35.